The second-order valence-electron chi connectivity index (χ2n) is 4.88. The minimum Gasteiger partial charge on any atom is -0.330 e. The summed E-state index contributed by atoms with van der Waals surface area (Å²) < 4.78 is 12.9. The van der Waals surface area contributed by atoms with E-state index in [1.54, 1.807) is 17.0 Å². The molecule has 96 valence electrons. The normalized spacial score (nSPS) is 23.8. The molecule has 1 aliphatic rings. The number of rotatable bonds is 3. The molecule has 2 rings (SSSR count). The van der Waals surface area contributed by atoms with Crippen LogP contribution in [0.25, 0.3) is 0 Å². The molecular formula is C14H16FNO2. The molecule has 2 atom stereocenters. The first-order valence-corrected chi connectivity index (χ1v) is 6.06. The van der Waals surface area contributed by atoms with Gasteiger partial charge in [0, 0.05) is 18.4 Å². The van der Waals surface area contributed by atoms with Gasteiger partial charge in [-0.05, 0) is 31.5 Å². The second-order valence-corrected chi connectivity index (χ2v) is 4.88. The third kappa shape index (κ3) is 2.15. The number of nitrogens with zero attached hydrogens (tertiary/aromatic N) is 1. The number of hydrogen-bond donors (Lipinski definition) is 0. The van der Waals surface area contributed by atoms with Crippen LogP contribution < -0.4 is 0 Å². The van der Waals surface area contributed by atoms with Crippen molar-refractivity contribution in [1.82, 2.24) is 4.90 Å². The lowest BCUT2D eigenvalue weighted by Crippen LogP contribution is -2.40. The zero-order valence-electron chi connectivity index (χ0n) is 10.5. The van der Waals surface area contributed by atoms with Gasteiger partial charge in [0.25, 0.3) is 0 Å². The summed E-state index contributed by atoms with van der Waals surface area (Å²) in [4.78, 5) is 24.8. The summed E-state index contributed by atoms with van der Waals surface area (Å²) in [5.41, 5.74) is 0.838. The molecule has 0 radical (unpaired) electrons. The fourth-order valence-corrected chi connectivity index (χ4v) is 2.59. The Morgan fingerprint density at radius 3 is 2.44 bits per heavy atom. The molecule has 0 aliphatic carbocycles. The van der Waals surface area contributed by atoms with Gasteiger partial charge < -0.3 is 9.69 Å². The van der Waals surface area contributed by atoms with Crippen LogP contribution in [0.5, 0.6) is 0 Å². The van der Waals surface area contributed by atoms with E-state index in [2.05, 4.69) is 0 Å². The van der Waals surface area contributed by atoms with Crippen LogP contribution in [0.2, 0.25) is 0 Å². The fraction of sp³-hybridized carbons (Fsp3) is 0.429. The molecule has 1 heterocycles. The van der Waals surface area contributed by atoms with Crippen LogP contribution in [0.1, 0.15) is 31.7 Å². The van der Waals surface area contributed by atoms with Crippen LogP contribution in [0.3, 0.4) is 0 Å². The highest BCUT2D eigenvalue weighted by Gasteiger charge is 2.41. The highest BCUT2D eigenvalue weighted by Crippen LogP contribution is 2.34. The Morgan fingerprint density at radius 2 is 1.94 bits per heavy atom. The smallest absolute Gasteiger partial charge is 0.224 e. The zero-order valence-corrected chi connectivity index (χ0v) is 10.5. The summed E-state index contributed by atoms with van der Waals surface area (Å²) in [6, 6.07) is 5.57. The Hall–Kier alpha value is -1.71. The van der Waals surface area contributed by atoms with Crippen LogP contribution in [0.4, 0.5) is 4.39 Å². The third-order valence-electron chi connectivity index (χ3n) is 3.41. The molecule has 1 saturated heterocycles. The van der Waals surface area contributed by atoms with E-state index in [-0.39, 0.29) is 23.7 Å². The molecule has 18 heavy (non-hydrogen) atoms. The van der Waals surface area contributed by atoms with E-state index in [9.17, 15) is 14.0 Å². The van der Waals surface area contributed by atoms with Crippen molar-refractivity contribution in [2.24, 2.45) is 0 Å². The molecule has 0 unspecified atom stereocenters. The summed E-state index contributed by atoms with van der Waals surface area (Å²) in [6.07, 6.45) is 1.13. The summed E-state index contributed by atoms with van der Waals surface area (Å²) in [6.45, 7) is 3.78. The molecule has 1 aliphatic heterocycles. The lowest BCUT2D eigenvalue weighted by atomic mass is 9.92. The van der Waals surface area contributed by atoms with E-state index < -0.39 is 6.04 Å². The highest BCUT2D eigenvalue weighted by atomic mass is 19.1. The second kappa shape index (κ2) is 4.88. The number of benzene rings is 1. The van der Waals surface area contributed by atoms with Crippen molar-refractivity contribution in [3.63, 3.8) is 0 Å². The summed E-state index contributed by atoms with van der Waals surface area (Å²) >= 11 is 0. The maximum absolute atomic E-state index is 12.9. The highest BCUT2D eigenvalue weighted by molar-refractivity contribution is 5.86. The number of likely N-dealkylation sites (tertiary alicyclic amines) is 1. The predicted octanol–water partition coefficient (Wildman–Crippen LogP) is 2.12. The lowest BCUT2D eigenvalue weighted by molar-refractivity contribution is -0.132. The Labute approximate surface area is 106 Å². The Bertz CT molecular complexity index is 455. The topological polar surface area (TPSA) is 37.4 Å². The van der Waals surface area contributed by atoms with Gasteiger partial charge in [-0.3, -0.25) is 4.79 Å². The standard InChI is InChI=1S/C14H16FNO2/c1-9(2)16-13(8-17)12(7-14(16)18)10-3-5-11(15)6-4-10/h3-6,8-9,12-13H,7H2,1-2H3/t12-,13+/m1/s1. The minimum atomic E-state index is -0.442. The fourth-order valence-electron chi connectivity index (χ4n) is 2.59. The van der Waals surface area contributed by atoms with Gasteiger partial charge >= 0.3 is 0 Å². The van der Waals surface area contributed by atoms with E-state index >= 15 is 0 Å². The monoisotopic (exact) mass is 249 g/mol. The summed E-state index contributed by atoms with van der Waals surface area (Å²) in [5.74, 6) is -0.499. The van der Waals surface area contributed by atoms with Crippen LogP contribution in [0.15, 0.2) is 24.3 Å². The van der Waals surface area contributed by atoms with Gasteiger partial charge in [0.15, 0.2) is 0 Å². The third-order valence-corrected chi connectivity index (χ3v) is 3.41. The van der Waals surface area contributed by atoms with Crippen molar-refractivity contribution in [3.8, 4) is 0 Å². The molecule has 0 aromatic heterocycles. The maximum Gasteiger partial charge on any atom is 0.224 e. The van der Waals surface area contributed by atoms with Crippen molar-refractivity contribution >= 4 is 12.2 Å². The Morgan fingerprint density at radius 1 is 1.33 bits per heavy atom. The molecule has 0 saturated carbocycles. The number of halogens is 1. The van der Waals surface area contributed by atoms with Crippen molar-refractivity contribution in [1.29, 1.82) is 0 Å². The van der Waals surface area contributed by atoms with Crippen molar-refractivity contribution < 1.29 is 14.0 Å². The van der Waals surface area contributed by atoms with Gasteiger partial charge in [0.2, 0.25) is 5.91 Å². The molecule has 1 aromatic carbocycles. The zero-order chi connectivity index (χ0) is 13.3. The first kappa shape index (κ1) is 12.7. The van der Waals surface area contributed by atoms with E-state index in [1.807, 2.05) is 13.8 Å². The largest absolute Gasteiger partial charge is 0.330 e. The molecule has 1 fully saturated rings. The Balaban J connectivity index is 2.31. The van der Waals surface area contributed by atoms with E-state index in [1.165, 1.54) is 12.1 Å². The molecule has 0 spiro atoms. The molecule has 0 N–H and O–H groups in total. The number of amides is 1. The quantitative estimate of drug-likeness (QED) is 0.769. The van der Waals surface area contributed by atoms with Crippen molar-refractivity contribution in [2.45, 2.75) is 38.3 Å². The van der Waals surface area contributed by atoms with Gasteiger partial charge in [-0.2, -0.15) is 0 Å². The van der Waals surface area contributed by atoms with Crippen LogP contribution in [-0.4, -0.2) is 29.2 Å². The van der Waals surface area contributed by atoms with Gasteiger partial charge in [-0.1, -0.05) is 12.1 Å². The maximum atomic E-state index is 12.9. The number of hydrogen-bond acceptors (Lipinski definition) is 2. The van der Waals surface area contributed by atoms with Crippen molar-refractivity contribution in [2.75, 3.05) is 0 Å². The predicted molar refractivity (Wildman–Crippen MR) is 65.6 cm³/mol. The number of carbonyl (C=O) groups excluding carboxylic acids is 2. The number of aldehydes is 1. The first-order chi connectivity index (χ1) is 8.54. The van der Waals surface area contributed by atoms with Crippen molar-refractivity contribution in [3.05, 3.63) is 35.6 Å². The summed E-state index contributed by atoms with van der Waals surface area (Å²) in [7, 11) is 0. The van der Waals surface area contributed by atoms with E-state index in [4.69, 9.17) is 0 Å². The van der Waals surface area contributed by atoms with Crippen LogP contribution >= 0.6 is 0 Å². The minimum absolute atomic E-state index is 0.00171. The van der Waals surface area contributed by atoms with Crippen LogP contribution in [0, 0.1) is 5.82 Å². The molecule has 4 heteroatoms. The molecule has 3 nitrogen and oxygen atoms in total. The molecule has 1 amide bonds. The average molecular weight is 249 g/mol. The van der Waals surface area contributed by atoms with Gasteiger partial charge in [0.1, 0.15) is 12.1 Å². The number of carbonyl (C=O) groups is 2. The lowest BCUT2D eigenvalue weighted by Gasteiger charge is -2.27. The Kier molecular flexibility index (Phi) is 3.45. The van der Waals surface area contributed by atoms with Gasteiger partial charge in [0.05, 0.1) is 6.04 Å². The molecule has 1 aromatic rings. The SMILES string of the molecule is CC(C)N1C(=O)C[C@H](c2ccc(F)cc2)[C@@H]1C=O. The summed E-state index contributed by atoms with van der Waals surface area (Å²) in [5, 5.41) is 0. The van der Waals surface area contributed by atoms with Gasteiger partial charge in [-0.15, -0.1) is 0 Å². The first-order valence-electron chi connectivity index (χ1n) is 6.06. The van der Waals surface area contributed by atoms with Crippen LogP contribution in [-0.2, 0) is 9.59 Å². The van der Waals surface area contributed by atoms with E-state index in [0.717, 1.165) is 11.8 Å². The average Bonchev–Trinajstić information content (AvgIpc) is 2.67. The molecular weight excluding hydrogens is 233 g/mol. The molecule has 0 bridgehead atoms. The van der Waals surface area contributed by atoms with Gasteiger partial charge in [-0.25, -0.2) is 4.39 Å². The van der Waals surface area contributed by atoms with E-state index in [0.29, 0.717) is 6.42 Å².